The predicted octanol–water partition coefficient (Wildman–Crippen LogP) is 3.42. The third kappa shape index (κ3) is 3.49. The molecular weight excluding hydrogens is 333 g/mol. The van der Waals surface area contributed by atoms with Crippen LogP contribution in [-0.2, 0) is 6.54 Å². The number of rotatable bonds is 4. The first-order valence-electron chi connectivity index (χ1n) is 8.42. The summed E-state index contributed by atoms with van der Waals surface area (Å²) < 4.78 is 13.8. The smallest absolute Gasteiger partial charge is 0.258 e. The number of hydrogen-bond donors (Lipinski definition) is 1. The molecular formula is C20H20FN3O2. The molecule has 1 amide bonds. The fraction of sp³-hybridized carbons (Fsp3) is 0.250. The fourth-order valence-electron chi connectivity index (χ4n) is 2.75. The average Bonchev–Trinajstić information content (AvgIpc) is 2.61. The van der Waals surface area contributed by atoms with Crippen LogP contribution in [-0.4, -0.2) is 26.8 Å². The lowest BCUT2D eigenvalue weighted by Crippen LogP contribution is -2.37. The van der Waals surface area contributed by atoms with Crippen LogP contribution in [0.25, 0.3) is 10.9 Å². The van der Waals surface area contributed by atoms with E-state index < -0.39 is 5.82 Å². The van der Waals surface area contributed by atoms with Gasteiger partial charge in [-0.1, -0.05) is 18.2 Å². The summed E-state index contributed by atoms with van der Waals surface area (Å²) >= 11 is 0. The van der Waals surface area contributed by atoms with E-state index in [2.05, 4.69) is 9.97 Å². The van der Waals surface area contributed by atoms with Crippen LogP contribution in [0.4, 0.5) is 4.39 Å². The van der Waals surface area contributed by atoms with Gasteiger partial charge in [0.2, 0.25) is 0 Å². The summed E-state index contributed by atoms with van der Waals surface area (Å²) in [5, 5.41) is 0.499. The van der Waals surface area contributed by atoms with E-state index in [0.717, 1.165) is 0 Å². The molecule has 0 unspecified atom stereocenters. The van der Waals surface area contributed by atoms with Gasteiger partial charge in [-0.3, -0.25) is 9.59 Å². The summed E-state index contributed by atoms with van der Waals surface area (Å²) in [5.74, 6) is -0.338. The number of nitrogens with one attached hydrogen (secondary N) is 1. The van der Waals surface area contributed by atoms with Crippen LogP contribution in [0.2, 0.25) is 0 Å². The van der Waals surface area contributed by atoms with E-state index in [1.807, 2.05) is 13.8 Å². The second-order valence-electron chi connectivity index (χ2n) is 6.52. The van der Waals surface area contributed by atoms with Crippen molar-refractivity contribution in [2.24, 2.45) is 0 Å². The molecule has 6 heteroatoms. The molecule has 0 aliphatic rings. The zero-order valence-corrected chi connectivity index (χ0v) is 14.9. The van der Waals surface area contributed by atoms with Crippen molar-refractivity contribution in [1.29, 1.82) is 0 Å². The lowest BCUT2D eigenvalue weighted by Gasteiger charge is -2.26. The van der Waals surface area contributed by atoms with Crippen molar-refractivity contribution in [3.05, 3.63) is 75.6 Å². The normalized spacial score (nSPS) is 11.1. The number of para-hydroxylation sites is 1. The average molecular weight is 353 g/mol. The van der Waals surface area contributed by atoms with Crippen LogP contribution in [0, 0.1) is 12.7 Å². The highest BCUT2D eigenvalue weighted by molar-refractivity contribution is 5.94. The number of H-pyrrole nitrogens is 1. The molecule has 5 nitrogen and oxygen atoms in total. The van der Waals surface area contributed by atoms with E-state index in [9.17, 15) is 14.0 Å². The van der Waals surface area contributed by atoms with Gasteiger partial charge in [0.05, 0.1) is 17.4 Å². The molecule has 3 rings (SSSR count). The molecule has 1 heterocycles. The van der Waals surface area contributed by atoms with Gasteiger partial charge in [0.1, 0.15) is 11.6 Å². The van der Waals surface area contributed by atoms with Gasteiger partial charge < -0.3 is 9.88 Å². The van der Waals surface area contributed by atoms with Crippen molar-refractivity contribution < 1.29 is 9.18 Å². The molecule has 0 aliphatic heterocycles. The zero-order valence-electron chi connectivity index (χ0n) is 14.9. The molecule has 26 heavy (non-hydrogen) atoms. The number of aromatic nitrogens is 2. The number of aromatic amines is 1. The molecule has 3 aromatic rings. The van der Waals surface area contributed by atoms with Crippen LogP contribution in [0.15, 0.2) is 47.3 Å². The van der Waals surface area contributed by atoms with Crippen LogP contribution in [0.1, 0.15) is 35.6 Å². The van der Waals surface area contributed by atoms with Crippen LogP contribution in [0.5, 0.6) is 0 Å². The summed E-state index contributed by atoms with van der Waals surface area (Å²) in [4.78, 5) is 33.8. The molecule has 134 valence electrons. The standard InChI is InChI=1S/C20H20FN3O2/c1-12(2)24(20(26)14-9-8-13(3)16(21)10-14)11-18-22-17-7-5-4-6-15(17)19(25)23-18/h4-10,12H,11H2,1-3H3,(H,22,23,25). The highest BCUT2D eigenvalue weighted by Gasteiger charge is 2.21. The van der Waals surface area contributed by atoms with Gasteiger partial charge in [-0.25, -0.2) is 9.37 Å². The molecule has 0 saturated heterocycles. The molecule has 0 aliphatic carbocycles. The second kappa shape index (κ2) is 7.07. The van der Waals surface area contributed by atoms with Gasteiger partial charge in [0, 0.05) is 11.6 Å². The Morgan fingerprint density at radius 1 is 1.23 bits per heavy atom. The Morgan fingerprint density at radius 3 is 2.65 bits per heavy atom. The molecule has 1 aromatic heterocycles. The van der Waals surface area contributed by atoms with Crippen molar-refractivity contribution in [2.45, 2.75) is 33.4 Å². The first kappa shape index (κ1) is 17.8. The van der Waals surface area contributed by atoms with Crippen molar-refractivity contribution in [2.75, 3.05) is 0 Å². The lowest BCUT2D eigenvalue weighted by molar-refractivity contribution is 0.0684. The SMILES string of the molecule is Cc1ccc(C(=O)N(Cc2nc3ccccc3c(=O)[nH]2)C(C)C)cc1F. The minimum atomic E-state index is -0.420. The third-order valence-corrected chi connectivity index (χ3v) is 4.29. The molecule has 0 radical (unpaired) electrons. The fourth-order valence-corrected chi connectivity index (χ4v) is 2.75. The number of fused-ring (bicyclic) bond motifs is 1. The van der Waals surface area contributed by atoms with E-state index in [4.69, 9.17) is 0 Å². The molecule has 0 saturated carbocycles. The highest BCUT2D eigenvalue weighted by atomic mass is 19.1. The number of amides is 1. The van der Waals surface area contributed by atoms with Gasteiger partial charge in [0.15, 0.2) is 0 Å². The number of nitrogens with zero attached hydrogens (tertiary/aromatic N) is 2. The van der Waals surface area contributed by atoms with E-state index in [1.165, 1.54) is 6.07 Å². The minimum absolute atomic E-state index is 0.131. The molecule has 1 N–H and O–H groups in total. The number of carbonyl (C=O) groups excluding carboxylic acids is 1. The van der Waals surface area contributed by atoms with Crippen LogP contribution >= 0.6 is 0 Å². The quantitative estimate of drug-likeness (QED) is 0.781. The number of carbonyl (C=O) groups is 1. The van der Waals surface area contributed by atoms with Crippen molar-refractivity contribution in [3.63, 3.8) is 0 Å². The Hall–Kier alpha value is -3.02. The van der Waals surface area contributed by atoms with Gasteiger partial charge in [-0.05, 0) is 50.6 Å². The van der Waals surface area contributed by atoms with Gasteiger partial charge in [-0.2, -0.15) is 0 Å². The first-order valence-corrected chi connectivity index (χ1v) is 8.42. The molecule has 0 bridgehead atoms. The van der Waals surface area contributed by atoms with E-state index in [1.54, 1.807) is 48.2 Å². The zero-order chi connectivity index (χ0) is 18.8. The number of halogens is 1. The van der Waals surface area contributed by atoms with Crippen LogP contribution in [0.3, 0.4) is 0 Å². The van der Waals surface area contributed by atoms with Gasteiger partial charge >= 0.3 is 0 Å². The number of aryl methyl sites for hydroxylation is 1. The van der Waals surface area contributed by atoms with Crippen molar-refractivity contribution in [1.82, 2.24) is 14.9 Å². The monoisotopic (exact) mass is 353 g/mol. The van der Waals surface area contributed by atoms with Gasteiger partial charge in [-0.15, -0.1) is 0 Å². The Kier molecular flexibility index (Phi) is 4.84. The van der Waals surface area contributed by atoms with Gasteiger partial charge in [0.25, 0.3) is 11.5 Å². The van der Waals surface area contributed by atoms with E-state index >= 15 is 0 Å². The highest BCUT2D eigenvalue weighted by Crippen LogP contribution is 2.15. The second-order valence-corrected chi connectivity index (χ2v) is 6.52. The Labute approximate surface area is 150 Å². The number of benzene rings is 2. The summed E-state index contributed by atoms with van der Waals surface area (Å²) in [6, 6.07) is 11.3. The summed E-state index contributed by atoms with van der Waals surface area (Å²) in [5.41, 5.74) is 1.08. The minimum Gasteiger partial charge on any atom is -0.329 e. The Morgan fingerprint density at radius 2 is 1.96 bits per heavy atom. The van der Waals surface area contributed by atoms with Crippen molar-refractivity contribution in [3.8, 4) is 0 Å². The third-order valence-electron chi connectivity index (χ3n) is 4.29. The van der Waals surface area contributed by atoms with E-state index in [-0.39, 0.29) is 29.6 Å². The Balaban J connectivity index is 1.95. The molecule has 0 fully saturated rings. The van der Waals surface area contributed by atoms with Crippen LogP contribution < -0.4 is 5.56 Å². The predicted molar refractivity (Wildman–Crippen MR) is 98.5 cm³/mol. The molecule has 2 aromatic carbocycles. The Bertz CT molecular complexity index is 1030. The maximum Gasteiger partial charge on any atom is 0.258 e. The summed E-state index contributed by atoms with van der Waals surface area (Å²) in [7, 11) is 0. The van der Waals surface area contributed by atoms with E-state index in [0.29, 0.717) is 22.3 Å². The molecule has 0 spiro atoms. The number of hydrogen-bond acceptors (Lipinski definition) is 3. The summed E-state index contributed by atoms with van der Waals surface area (Å²) in [6.45, 7) is 5.50. The maximum atomic E-state index is 13.8. The summed E-state index contributed by atoms with van der Waals surface area (Å²) in [6.07, 6.45) is 0. The molecule has 0 atom stereocenters. The lowest BCUT2D eigenvalue weighted by atomic mass is 10.1. The topological polar surface area (TPSA) is 66.1 Å². The first-order chi connectivity index (χ1) is 12.4. The van der Waals surface area contributed by atoms with Crippen molar-refractivity contribution >= 4 is 16.8 Å². The largest absolute Gasteiger partial charge is 0.329 e. The maximum absolute atomic E-state index is 13.8.